The van der Waals surface area contributed by atoms with Crippen LogP contribution in [0.3, 0.4) is 0 Å². The highest BCUT2D eigenvalue weighted by molar-refractivity contribution is 6.00. The average Bonchev–Trinajstić information content (AvgIpc) is 3.22. The molecule has 0 radical (unpaired) electrons. The van der Waals surface area contributed by atoms with Gasteiger partial charge in [-0.05, 0) is 123 Å². The van der Waals surface area contributed by atoms with Crippen LogP contribution in [0.5, 0.6) is 0 Å². The summed E-state index contributed by atoms with van der Waals surface area (Å²) in [7, 11) is 1.37. The van der Waals surface area contributed by atoms with Gasteiger partial charge in [0.15, 0.2) is 5.78 Å². The molecule has 0 aromatic heterocycles. The van der Waals surface area contributed by atoms with Crippen molar-refractivity contribution >= 4 is 17.7 Å². The molecular formula is C38H60O5. The molecule has 43 heavy (non-hydrogen) atoms. The molecule has 5 aliphatic carbocycles. The van der Waals surface area contributed by atoms with E-state index < -0.39 is 5.41 Å². The van der Waals surface area contributed by atoms with Crippen molar-refractivity contribution in [1.29, 1.82) is 0 Å². The molecule has 8 unspecified atom stereocenters. The van der Waals surface area contributed by atoms with Gasteiger partial charge in [-0.3, -0.25) is 14.4 Å². The second-order valence-electron chi connectivity index (χ2n) is 17.7. The van der Waals surface area contributed by atoms with Gasteiger partial charge >= 0.3 is 11.9 Å². The van der Waals surface area contributed by atoms with E-state index in [9.17, 15) is 14.4 Å². The second kappa shape index (κ2) is 10.4. The summed E-state index contributed by atoms with van der Waals surface area (Å²) < 4.78 is 11.2. The first-order valence-corrected chi connectivity index (χ1v) is 17.4. The molecule has 5 nitrogen and oxygen atoms in total. The molecule has 242 valence electrons. The van der Waals surface area contributed by atoms with Crippen LogP contribution in [0.2, 0.25) is 0 Å². The molecule has 8 atom stereocenters. The summed E-state index contributed by atoms with van der Waals surface area (Å²) in [6.07, 6.45) is 10.8. The third-order valence-corrected chi connectivity index (χ3v) is 14.8. The fourth-order valence-corrected chi connectivity index (χ4v) is 12.3. The predicted octanol–water partition coefficient (Wildman–Crippen LogP) is 8.88. The number of hydrogen-bond acceptors (Lipinski definition) is 5. The maximum absolute atomic E-state index is 13.5. The molecule has 5 aliphatic rings. The van der Waals surface area contributed by atoms with Crippen molar-refractivity contribution < 1.29 is 23.9 Å². The second-order valence-corrected chi connectivity index (χ2v) is 17.7. The van der Waals surface area contributed by atoms with Crippen LogP contribution in [0.15, 0.2) is 11.1 Å². The Bertz CT molecular complexity index is 1210. The Morgan fingerprint density at radius 3 is 2.19 bits per heavy atom. The Balaban J connectivity index is 1.43. The van der Waals surface area contributed by atoms with E-state index in [1.54, 1.807) is 19.4 Å². The Morgan fingerprint density at radius 1 is 0.907 bits per heavy atom. The zero-order valence-corrected chi connectivity index (χ0v) is 29.2. The summed E-state index contributed by atoms with van der Waals surface area (Å²) in [5.74, 6) is 1.65. The summed E-state index contributed by atoms with van der Waals surface area (Å²) in [6, 6.07) is 0. The van der Waals surface area contributed by atoms with E-state index in [0.717, 1.165) is 38.5 Å². The first-order chi connectivity index (χ1) is 19.8. The van der Waals surface area contributed by atoms with Crippen molar-refractivity contribution in [2.45, 2.75) is 146 Å². The van der Waals surface area contributed by atoms with Gasteiger partial charge in [0.1, 0.15) is 6.10 Å². The SMILES string of the molecule is CCC12CCC3(C)C(CCC4C5(C)CCC(OC(=O)CC(C)(C)C(=O)OC)C(C)(C)C5CCC43C)C1=C(C(C)C)C(=O)C2. The van der Waals surface area contributed by atoms with E-state index in [-0.39, 0.29) is 51.5 Å². The van der Waals surface area contributed by atoms with Crippen LogP contribution in [-0.2, 0) is 23.9 Å². The van der Waals surface area contributed by atoms with Crippen LogP contribution < -0.4 is 0 Å². The molecule has 4 saturated carbocycles. The minimum atomic E-state index is -0.899. The first kappa shape index (κ1) is 32.7. The number of carbonyl (C=O) groups is 3. The van der Waals surface area contributed by atoms with Crippen molar-refractivity contribution in [3.8, 4) is 0 Å². The molecule has 0 N–H and O–H groups in total. The van der Waals surface area contributed by atoms with Gasteiger partial charge in [0, 0.05) is 11.8 Å². The van der Waals surface area contributed by atoms with E-state index in [4.69, 9.17) is 9.47 Å². The lowest BCUT2D eigenvalue weighted by molar-refractivity contribution is -0.233. The summed E-state index contributed by atoms with van der Waals surface area (Å²) in [4.78, 5) is 38.9. The smallest absolute Gasteiger partial charge is 0.311 e. The van der Waals surface area contributed by atoms with Gasteiger partial charge in [-0.1, -0.05) is 61.0 Å². The quantitative estimate of drug-likeness (QED) is 0.286. The lowest BCUT2D eigenvalue weighted by atomic mass is 9.33. The Morgan fingerprint density at radius 2 is 1.58 bits per heavy atom. The number of ketones is 1. The Hall–Kier alpha value is -1.65. The number of Topliss-reactive ketones (excluding diaryl/α,β-unsaturated/α-hetero) is 1. The highest BCUT2D eigenvalue weighted by Crippen LogP contribution is 2.77. The molecule has 0 spiro atoms. The molecule has 0 saturated heterocycles. The van der Waals surface area contributed by atoms with E-state index in [1.807, 2.05) is 0 Å². The number of ether oxygens (including phenoxy) is 2. The standard InChI is InChI=1S/C38H60O5/c1-12-38-20-19-36(9)24(31(38)30(23(2)3)25(39)21-38)13-14-27-35(8)17-16-28(34(6,7)26(35)15-18-37(27,36)10)43-29(40)22-33(4,5)32(41)42-11/h23-24,26-28H,12-22H2,1-11H3. The minimum Gasteiger partial charge on any atom is -0.469 e. The van der Waals surface area contributed by atoms with Crippen molar-refractivity contribution in [1.82, 2.24) is 0 Å². The maximum atomic E-state index is 13.5. The van der Waals surface area contributed by atoms with Crippen molar-refractivity contribution in [3.05, 3.63) is 11.1 Å². The van der Waals surface area contributed by atoms with Crippen molar-refractivity contribution in [3.63, 3.8) is 0 Å². The summed E-state index contributed by atoms with van der Waals surface area (Å²) in [6.45, 7) is 22.8. The van der Waals surface area contributed by atoms with Gasteiger partial charge in [0.25, 0.3) is 0 Å². The van der Waals surface area contributed by atoms with Crippen LogP contribution in [0.4, 0.5) is 0 Å². The van der Waals surface area contributed by atoms with Crippen LogP contribution in [0, 0.1) is 56.2 Å². The summed E-state index contributed by atoms with van der Waals surface area (Å²) in [5, 5.41) is 0. The van der Waals surface area contributed by atoms with Gasteiger partial charge in [-0.2, -0.15) is 0 Å². The molecule has 5 rings (SSSR count). The molecule has 0 bridgehead atoms. The molecule has 5 heteroatoms. The number of fused-ring (bicyclic) bond motifs is 7. The number of rotatable bonds is 6. The predicted molar refractivity (Wildman–Crippen MR) is 170 cm³/mol. The fraction of sp³-hybridized carbons (Fsp3) is 0.868. The fourth-order valence-electron chi connectivity index (χ4n) is 12.3. The molecule has 0 amide bonds. The zero-order valence-electron chi connectivity index (χ0n) is 29.2. The number of esters is 2. The van der Waals surface area contributed by atoms with Crippen molar-refractivity contribution in [2.75, 3.05) is 7.11 Å². The van der Waals surface area contributed by atoms with Gasteiger partial charge in [0.05, 0.1) is 18.9 Å². The molecule has 0 aliphatic heterocycles. The number of hydrogen-bond donors (Lipinski definition) is 0. The largest absolute Gasteiger partial charge is 0.469 e. The Kier molecular flexibility index (Phi) is 7.95. The van der Waals surface area contributed by atoms with Crippen LogP contribution >= 0.6 is 0 Å². The number of allylic oxidation sites excluding steroid dienone is 2. The van der Waals surface area contributed by atoms with E-state index in [0.29, 0.717) is 29.5 Å². The third-order valence-electron chi connectivity index (χ3n) is 14.8. The molecular weight excluding hydrogens is 536 g/mol. The maximum Gasteiger partial charge on any atom is 0.311 e. The monoisotopic (exact) mass is 596 g/mol. The number of methoxy groups -OCH3 is 1. The highest BCUT2D eigenvalue weighted by Gasteiger charge is 2.70. The molecule has 0 aromatic rings. The van der Waals surface area contributed by atoms with E-state index in [1.165, 1.54) is 38.4 Å². The van der Waals surface area contributed by atoms with Crippen LogP contribution in [0.1, 0.15) is 140 Å². The topological polar surface area (TPSA) is 69.7 Å². The molecule has 0 aromatic carbocycles. The van der Waals surface area contributed by atoms with E-state index >= 15 is 0 Å². The lowest BCUT2D eigenvalue weighted by Crippen LogP contribution is -2.65. The van der Waals surface area contributed by atoms with Gasteiger partial charge in [0.2, 0.25) is 0 Å². The minimum absolute atomic E-state index is 0.0323. The molecule has 0 heterocycles. The first-order valence-electron chi connectivity index (χ1n) is 17.4. The third kappa shape index (κ3) is 4.54. The van der Waals surface area contributed by atoms with Gasteiger partial charge in [-0.25, -0.2) is 0 Å². The highest BCUT2D eigenvalue weighted by atomic mass is 16.5. The zero-order chi connectivity index (χ0) is 32.0. The summed E-state index contributed by atoms with van der Waals surface area (Å²) in [5.41, 5.74) is 2.41. The van der Waals surface area contributed by atoms with Crippen LogP contribution in [-0.4, -0.2) is 30.9 Å². The van der Waals surface area contributed by atoms with Gasteiger partial charge in [-0.15, -0.1) is 0 Å². The lowest BCUT2D eigenvalue weighted by Gasteiger charge is -2.72. The van der Waals surface area contributed by atoms with Crippen LogP contribution in [0.25, 0.3) is 0 Å². The van der Waals surface area contributed by atoms with Crippen molar-refractivity contribution in [2.24, 2.45) is 56.2 Å². The number of carbonyl (C=O) groups excluding carboxylic acids is 3. The summed E-state index contributed by atoms with van der Waals surface area (Å²) >= 11 is 0. The Labute approximate surface area is 261 Å². The van der Waals surface area contributed by atoms with Gasteiger partial charge < -0.3 is 9.47 Å². The average molecular weight is 597 g/mol. The van der Waals surface area contributed by atoms with E-state index in [2.05, 4.69) is 55.4 Å². The normalized spacial score (nSPS) is 42.1. The molecule has 4 fully saturated rings.